The quantitative estimate of drug-likeness (QED) is 0.806. The first-order chi connectivity index (χ1) is 12.2. The van der Waals surface area contributed by atoms with Crippen LogP contribution in [0.15, 0.2) is 18.3 Å². The predicted molar refractivity (Wildman–Crippen MR) is 83.0 cm³/mol. The van der Waals surface area contributed by atoms with Crippen LogP contribution in [-0.2, 0) is 22.3 Å². The molecule has 10 heteroatoms. The lowest BCUT2D eigenvalue weighted by Gasteiger charge is -2.31. The first kappa shape index (κ1) is 18.2. The molecule has 26 heavy (non-hydrogen) atoms. The highest BCUT2D eigenvalue weighted by Gasteiger charge is 2.46. The molecule has 0 aliphatic heterocycles. The van der Waals surface area contributed by atoms with Gasteiger partial charge in [0.05, 0.1) is 12.1 Å². The molecule has 2 aromatic rings. The average Bonchev–Trinajstić information content (AvgIpc) is 3.01. The Morgan fingerprint density at radius 1 is 1.19 bits per heavy atom. The molecule has 7 nitrogen and oxygen atoms in total. The van der Waals surface area contributed by atoms with Crippen LogP contribution in [0.1, 0.15) is 43.5 Å². The highest BCUT2D eigenvalue weighted by Crippen LogP contribution is 2.37. The van der Waals surface area contributed by atoms with Crippen molar-refractivity contribution in [3.8, 4) is 0 Å². The van der Waals surface area contributed by atoms with Gasteiger partial charge in [-0.2, -0.15) is 13.2 Å². The summed E-state index contributed by atoms with van der Waals surface area (Å²) in [6.07, 6.45) is -1.03. The zero-order valence-electron chi connectivity index (χ0n) is 13.7. The Kier molecular flexibility index (Phi) is 4.59. The van der Waals surface area contributed by atoms with Gasteiger partial charge in [-0.3, -0.25) is 14.0 Å². The van der Waals surface area contributed by atoms with E-state index in [-0.39, 0.29) is 30.9 Å². The first-order valence-corrected chi connectivity index (χ1v) is 8.17. The standard InChI is InChI=1S/C16H17F3N4O3/c17-16(18,19)10-4-5-11-21-22-12(23(11)9-10)8-20-13(24)15(14(25)26)6-2-1-3-7-15/h4-5,9H,1-3,6-8H2,(H,20,24)(H,25,26). The summed E-state index contributed by atoms with van der Waals surface area (Å²) < 4.78 is 39.7. The Labute approximate surface area is 146 Å². The Balaban J connectivity index is 1.81. The van der Waals surface area contributed by atoms with E-state index < -0.39 is 29.0 Å². The van der Waals surface area contributed by atoms with Crippen LogP contribution in [-0.4, -0.2) is 31.6 Å². The molecule has 2 heterocycles. The number of hydrogen-bond acceptors (Lipinski definition) is 4. The molecule has 3 rings (SSSR count). The Hall–Kier alpha value is -2.65. The molecule has 0 unspecified atom stereocenters. The van der Waals surface area contributed by atoms with Crippen molar-refractivity contribution in [3.05, 3.63) is 29.7 Å². The van der Waals surface area contributed by atoms with E-state index >= 15 is 0 Å². The lowest BCUT2D eigenvalue weighted by molar-refractivity contribution is -0.158. The molecule has 0 spiro atoms. The van der Waals surface area contributed by atoms with Crippen molar-refractivity contribution in [2.45, 2.75) is 44.8 Å². The van der Waals surface area contributed by atoms with Crippen molar-refractivity contribution in [3.63, 3.8) is 0 Å². The van der Waals surface area contributed by atoms with Crippen molar-refractivity contribution in [1.82, 2.24) is 19.9 Å². The summed E-state index contributed by atoms with van der Waals surface area (Å²) in [5.41, 5.74) is -2.16. The van der Waals surface area contributed by atoms with E-state index in [0.717, 1.165) is 23.1 Å². The SMILES string of the molecule is O=C(O)C1(C(=O)NCc2nnc3ccc(C(F)(F)F)cn23)CCCCC1. The summed E-state index contributed by atoms with van der Waals surface area (Å²) in [4.78, 5) is 24.1. The third-order valence-electron chi connectivity index (χ3n) is 4.76. The number of hydrogen-bond donors (Lipinski definition) is 2. The predicted octanol–water partition coefficient (Wildman–Crippen LogP) is 2.40. The second kappa shape index (κ2) is 6.58. The minimum absolute atomic E-state index is 0.0933. The third kappa shape index (κ3) is 3.23. The van der Waals surface area contributed by atoms with Gasteiger partial charge in [0.15, 0.2) is 11.5 Å². The van der Waals surface area contributed by atoms with E-state index in [2.05, 4.69) is 15.5 Å². The normalized spacial score (nSPS) is 17.2. The topological polar surface area (TPSA) is 96.6 Å². The number of pyridine rings is 1. The fourth-order valence-electron chi connectivity index (χ4n) is 3.25. The second-order valence-electron chi connectivity index (χ2n) is 6.39. The average molecular weight is 370 g/mol. The number of carboxylic acid groups (broad SMARTS) is 1. The van der Waals surface area contributed by atoms with Crippen LogP contribution in [0, 0.1) is 5.41 Å². The first-order valence-electron chi connectivity index (χ1n) is 8.17. The number of carbonyl (C=O) groups is 2. The number of alkyl halides is 3. The lowest BCUT2D eigenvalue weighted by atomic mass is 9.73. The number of amides is 1. The Bertz CT molecular complexity index is 841. The van der Waals surface area contributed by atoms with Gasteiger partial charge >= 0.3 is 12.1 Å². The van der Waals surface area contributed by atoms with Crippen LogP contribution < -0.4 is 5.32 Å². The maximum atomic E-state index is 12.9. The fourth-order valence-corrected chi connectivity index (χ4v) is 3.25. The van der Waals surface area contributed by atoms with E-state index in [1.54, 1.807) is 0 Å². The molecule has 0 bridgehead atoms. The van der Waals surface area contributed by atoms with Gasteiger partial charge in [0.25, 0.3) is 0 Å². The molecule has 140 valence electrons. The molecule has 0 aromatic carbocycles. The van der Waals surface area contributed by atoms with Crippen molar-refractivity contribution in [1.29, 1.82) is 0 Å². The van der Waals surface area contributed by atoms with Crippen molar-refractivity contribution in [2.24, 2.45) is 5.41 Å². The largest absolute Gasteiger partial charge is 0.480 e. The molecule has 1 saturated carbocycles. The van der Waals surface area contributed by atoms with E-state index in [4.69, 9.17) is 0 Å². The number of aromatic nitrogens is 3. The Morgan fingerprint density at radius 2 is 1.88 bits per heavy atom. The molecular weight excluding hydrogens is 353 g/mol. The van der Waals surface area contributed by atoms with Gasteiger partial charge in [0, 0.05) is 6.20 Å². The monoisotopic (exact) mass is 370 g/mol. The van der Waals surface area contributed by atoms with Crippen LogP contribution in [0.25, 0.3) is 5.65 Å². The minimum atomic E-state index is -4.52. The number of nitrogens with one attached hydrogen (secondary N) is 1. The number of carboxylic acids is 1. The van der Waals surface area contributed by atoms with Crippen LogP contribution >= 0.6 is 0 Å². The van der Waals surface area contributed by atoms with Crippen LogP contribution in [0.2, 0.25) is 0 Å². The van der Waals surface area contributed by atoms with Gasteiger partial charge in [-0.1, -0.05) is 19.3 Å². The number of nitrogens with zero attached hydrogens (tertiary/aromatic N) is 3. The number of aliphatic carboxylic acids is 1. The summed E-state index contributed by atoms with van der Waals surface area (Å²) in [6, 6.07) is 2.08. The summed E-state index contributed by atoms with van der Waals surface area (Å²) in [7, 11) is 0. The molecular formula is C16H17F3N4O3. The van der Waals surface area contributed by atoms with Gasteiger partial charge in [-0.25, -0.2) is 0 Å². The molecule has 2 N–H and O–H groups in total. The molecule has 1 aliphatic rings. The number of carbonyl (C=O) groups excluding carboxylic acids is 1. The van der Waals surface area contributed by atoms with Gasteiger partial charge < -0.3 is 10.4 Å². The molecule has 0 radical (unpaired) electrons. The summed E-state index contributed by atoms with van der Waals surface area (Å²) in [5, 5.41) is 19.5. The van der Waals surface area contributed by atoms with Crippen molar-refractivity contribution in [2.75, 3.05) is 0 Å². The second-order valence-corrected chi connectivity index (χ2v) is 6.39. The molecule has 2 aromatic heterocycles. The Morgan fingerprint density at radius 3 is 2.50 bits per heavy atom. The van der Waals surface area contributed by atoms with Gasteiger partial charge in [0.2, 0.25) is 5.91 Å². The van der Waals surface area contributed by atoms with E-state index in [9.17, 15) is 27.9 Å². The lowest BCUT2D eigenvalue weighted by Crippen LogP contribution is -2.47. The van der Waals surface area contributed by atoms with Crippen LogP contribution in [0.4, 0.5) is 13.2 Å². The summed E-state index contributed by atoms with van der Waals surface area (Å²) >= 11 is 0. The van der Waals surface area contributed by atoms with Crippen LogP contribution in [0.5, 0.6) is 0 Å². The van der Waals surface area contributed by atoms with E-state index in [0.29, 0.717) is 12.8 Å². The summed E-state index contributed by atoms with van der Waals surface area (Å²) in [5.74, 6) is -1.73. The minimum Gasteiger partial charge on any atom is -0.480 e. The maximum absolute atomic E-state index is 12.9. The molecule has 0 atom stereocenters. The summed E-state index contributed by atoms with van der Waals surface area (Å²) in [6.45, 7) is -0.212. The van der Waals surface area contributed by atoms with Crippen LogP contribution in [0.3, 0.4) is 0 Å². The van der Waals surface area contributed by atoms with Crippen molar-refractivity contribution >= 4 is 17.5 Å². The van der Waals surface area contributed by atoms with E-state index in [1.165, 1.54) is 6.07 Å². The third-order valence-corrected chi connectivity index (χ3v) is 4.76. The molecule has 0 saturated heterocycles. The van der Waals surface area contributed by atoms with Gasteiger partial charge in [0.1, 0.15) is 5.41 Å². The highest BCUT2D eigenvalue weighted by atomic mass is 19.4. The van der Waals surface area contributed by atoms with Crippen molar-refractivity contribution < 1.29 is 27.9 Å². The molecule has 1 aliphatic carbocycles. The van der Waals surface area contributed by atoms with E-state index in [1.807, 2.05) is 0 Å². The number of halogens is 3. The van der Waals surface area contributed by atoms with Gasteiger partial charge in [-0.05, 0) is 25.0 Å². The maximum Gasteiger partial charge on any atom is 0.417 e. The molecule has 1 amide bonds. The number of fused-ring (bicyclic) bond motifs is 1. The smallest absolute Gasteiger partial charge is 0.417 e. The number of rotatable bonds is 4. The molecule has 1 fully saturated rings. The zero-order chi connectivity index (χ0) is 18.9. The van der Waals surface area contributed by atoms with Gasteiger partial charge in [-0.15, -0.1) is 10.2 Å². The zero-order valence-corrected chi connectivity index (χ0v) is 13.7. The fraction of sp³-hybridized carbons (Fsp3) is 0.500. The highest BCUT2D eigenvalue weighted by molar-refractivity contribution is 6.01.